The first-order valence-corrected chi connectivity index (χ1v) is 5.24. The summed E-state index contributed by atoms with van der Waals surface area (Å²) >= 11 is 10.6. The van der Waals surface area contributed by atoms with Gasteiger partial charge in [-0.25, -0.2) is 0 Å². The predicted molar refractivity (Wildman–Crippen MR) is 64.5 cm³/mol. The Balaban J connectivity index is 2.49. The maximum atomic E-state index is 11.4. The lowest BCUT2D eigenvalue weighted by atomic mass is 10.2. The molecule has 0 aliphatic rings. The quantitative estimate of drug-likeness (QED) is 0.666. The van der Waals surface area contributed by atoms with E-state index < -0.39 is 11.7 Å². The highest BCUT2D eigenvalue weighted by molar-refractivity contribution is 6.56. The second kappa shape index (κ2) is 6.30. The van der Waals surface area contributed by atoms with E-state index in [1.807, 2.05) is 6.07 Å². The van der Waals surface area contributed by atoms with Crippen molar-refractivity contribution < 1.29 is 9.59 Å². The van der Waals surface area contributed by atoms with E-state index in [1.165, 1.54) is 0 Å². The van der Waals surface area contributed by atoms with E-state index in [4.69, 9.17) is 23.2 Å². The molecule has 0 radical (unpaired) electrons. The molecule has 0 heterocycles. The van der Waals surface area contributed by atoms with Gasteiger partial charge in [0.05, 0.1) is 6.42 Å². The lowest BCUT2D eigenvalue weighted by molar-refractivity contribution is -0.122. The Morgan fingerprint density at radius 1 is 1.19 bits per heavy atom. The van der Waals surface area contributed by atoms with E-state index in [1.54, 1.807) is 24.3 Å². The molecule has 1 aromatic rings. The summed E-state index contributed by atoms with van der Waals surface area (Å²) in [5, 5.41) is 2.57. The van der Waals surface area contributed by atoms with Gasteiger partial charge in [0.25, 0.3) is 0 Å². The normalized spacial score (nSPS) is 9.38. The molecule has 84 valence electrons. The van der Waals surface area contributed by atoms with Crippen LogP contribution in [0, 0.1) is 0 Å². The highest BCUT2D eigenvalue weighted by Gasteiger charge is 2.07. The van der Waals surface area contributed by atoms with Crippen LogP contribution in [0.15, 0.2) is 40.9 Å². The molecule has 3 nitrogen and oxygen atoms in total. The molecule has 16 heavy (non-hydrogen) atoms. The molecule has 0 unspecified atom stereocenters. The van der Waals surface area contributed by atoms with Gasteiger partial charge in [0, 0.05) is 11.8 Å². The van der Waals surface area contributed by atoms with E-state index in [0.29, 0.717) is 5.69 Å². The number of carbonyl (C=O) groups excluding carboxylic acids is 2. The number of allylic oxidation sites excluding steroid dienone is 1. The molecule has 5 heteroatoms. The Morgan fingerprint density at radius 3 is 2.38 bits per heavy atom. The van der Waals surface area contributed by atoms with E-state index in [2.05, 4.69) is 5.32 Å². The van der Waals surface area contributed by atoms with Crippen LogP contribution < -0.4 is 5.32 Å². The number of hydrogen-bond donors (Lipinski definition) is 1. The summed E-state index contributed by atoms with van der Waals surface area (Å²) in [6.45, 7) is 0. The molecule has 0 bridgehead atoms. The van der Waals surface area contributed by atoms with Gasteiger partial charge in [-0.1, -0.05) is 41.4 Å². The van der Waals surface area contributed by atoms with Crippen LogP contribution >= 0.6 is 23.2 Å². The summed E-state index contributed by atoms with van der Waals surface area (Å²) in [5.74, 6) is -0.838. The third-order valence-corrected chi connectivity index (χ3v) is 1.88. The van der Waals surface area contributed by atoms with Gasteiger partial charge in [0.1, 0.15) is 4.49 Å². The zero-order valence-electron chi connectivity index (χ0n) is 8.24. The highest BCUT2D eigenvalue weighted by atomic mass is 35.5. The molecule has 0 saturated carbocycles. The number of halogens is 2. The van der Waals surface area contributed by atoms with Crippen molar-refractivity contribution in [3.05, 3.63) is 40.9 Å². The molecule has 0 fully saturated rings. The number of ketones is 1. The van der Waals surface area contributed by atoms with Gasteiger partial charge in [-0.05, 0) is 12.1 Å². The summed E-state index contributed by atoms with van der Waals surface area (Å²) < 4.78 is -0.155. The molecule has 0 saturated heterocycles. The fraction of sp³-hybridized carbons (Fsp3) is 0.0909. The van der Waals surface area contributed by atoms with Crippen molar-refractivity contribution in [3.8, 4) is 0 Å². The van der Waals surface area contributed by atoms with Gasteiger partial charge in [0.2, 0.25) is 5.91 Å². The molecule has 0 spiro atoms. The summed E-state index contributed by atoms with van der Waals surface area (Å²) in [5.41, 5.74) is 0.640. The Labute approximate surface area is 103 Å². The second-order valence-electron chi connectivity index (χ2n) is 2.99. The van der Waals surface area contributed by atoms with Gasteiger partial charge in [-0.15, -0.1) is 0 Å². The number of anilines is 1. The lowest BCUT2D eigenvalue weighted by Crippen LogP contribution is -2.15. The molecular formula is C11H9Cl2NO2. The Bertz CT molecular complexity index is 411. The van der Waals surface area contributed by atoms with Crippen LogP contribution in [0.4, 0.5) is 5.69 Å². The first kappa shape index (κ1) is 12.7. The van der Waals surface area contributed by atoms with Crippen LogP contribution in [0.5, 0.6) is 0 Å². The third kappa shape index (κ3) is 4.96. The monoisotopic (exact) mass is 257 g/mol. The van der Waals surface area contributed by atoms with Crippen molar-refractivity contribution in [2.24, 2.45) is 0 Å². The summed E-state index contributed by atoms with van der Waals surface area (Å²) in [4.78, 5) is 22.5. The highest BCUT2D eigenvalue weighted by Crippen LogP contribution is 2.08. The number of benzene rings is 1. The van der Waals surface area contributed by atoms with E-state index in [9.17, 15) is 9.59 Å². The Hall–Kier alpha value is -1.32. The Morgan fingerprint density at radius 2 is 1.81 bits per heavy atom. The zero-order valence-corrected chi connectivity index (χ0v) is 9.76. The summed E-state index contributed by atoms with van der Waals surface area (Å²) in [6.07, 6.45) is 0.728. The van der Waals surface area contributed by atoms with Gasteiger partial charge >= 0.3 is 0 Å². The van der Waals surface area contributed by atoms with E-state index >= 15 is 0 Å². The fourth-order valence-corrected chi connectivity index (χ4v) is 1.30. The van der Waals surface area contributed by atoms with E-state index in [0.717, 1.165) is 6.08 Å². The number of para-hydroxylation sites is 1. The van der Waals surface area contributed by atoms with Crippen molar-refractivity contribution in [1.82, 2.24) is 0 Å². The van der Waals surface area contributed by atoms with Crippen LogP contribution in [0.3, 0.4) is 0 Å². The molecule has 1 N–H and O–H groups in total. The average Bonchev–Trinajstić information content (AvgIpc) is 2.17. The molecule has 0 aliphatic heterocycles. The SMILES string of the molecule is O=C(C=C(Cl)Cl)CC(=O)Nc1ccccc1. The van der Waals surface area contributed by atoms with Gasteiger partial charge in [-0.2, -0.15) is 0 Å². The largest absolute Gasteiger partial charge is 0.326 e. The van der Waals surface area contributed by atoms with Crippen LogP contribution in [-0.4, -0.2) is 11.7 Å². The van der Waals surface area contributed by atoms with Crippen molar-refractivity contribution in [2.45, 2.75) is 6.42 Å². The number of carbonyl (C=O) groups is 2. The number of nitrogens with one attached hydrogen (secondary N) is 1. The van der Waals surface area contributed by atoms with Gasteiger partial charge in [-0.3, -0.25) is 9.59 Å². The smallest absolute Gasteiger partial charge is 0.232 e. The topological polar surface area (TPSA) is 46.2 Å². The zero-order chi connectivity index (χ0) is 12.0. The van der Waals surface area contributed by atoms with Crippen LogP contribution in [0.2, 0.25) is 0 Å². The first-order valence-electron chi connectivity index (χ1n) is 4.48. The fourth-order valence-electron chi connectivity index (χ4n) is 1.06. The van der Waals surface area contributed by atoms with Crippen molar-refractivity contribution >= 4 is 40.6 Å². The van der Waals surface area contributed by atoms with Crippen molar-refractivity contribution in [3.63, 3.8) is 0 Å². The number of amides is 1. The standard InChI is InChI=1S/C11H9Cl2NO2/c12-10(13)6-9(15)7-11(16)14-8-4-2-1-3-5-8/h1-6H,7H2,(H,14,16). The molecule has 0 atom stereocenters. The maximum Gasteiger partial charge on any atom is 0.232 e. The summed E-state index contributed by atoms with van der Waals surface area (Å²) in [6, 6.07) is 8.86. The molecule has 1 amide bonds. The minimum absolute atomic E-state index is 0.155. The molecule has 1 aromatic carbocycles. The molecule has 0 aromatic heterocycles. The third-order valence-electron chi connectivity index (χ3n) is 1.66. The predicted octanol–water partition coefficient (Wildman–Crippen LogP) is 2.90. The Kier molecular flexibility index (Phi) is 5.02. The lowest BCUT2D eigenvalue weighted by Gasteiger charge is -2.02. The number of rotatable bonds is 4. The average molecular weight is 258 g/mol. The molecule has 1 rings (SSSR count). The van der Waals surface area contributed by atoms with Crippen LogP contribution in [-0.2, 0) is 9.59 Å². The van der Waals surface area contributed by atoms with Crippen LogP contribution in [0.1, 0.15) is 6.42 Å². The molecular weight excluding hydrogens is 249 g/mol. The van der Waals surface area contributed by atoms with Crippen molar-refractivity contribution in [1.29, 1.82) is 0 Å². The minimum Gasteiger partial charge on any atom is -0.326 e. The van der Waals surface area contributed by atoms with Gasteiger partial charge in [0.15, 0.2) is 5.78 Å². The van der Waals surface area contributed by atoms with E-state index in [-0.39, 0.29) is 10.9 Å². The minimum atomic E-state index is -0.437. The first-order chi connectivity index (χ1) is 7.58. The maximum absolute atomic E-state index is 11.4. The molecule has 0 aliphatic carbocycles. The second-order valence-corrected chi connectivity index (χ2v) is 4.00. The number of hydrogen-bond acceptors (Lipinski definition) is 2. The van der Waals surface area contributed by atoms with Gasteiger partial charge < -0.3 is 5.32 Å². The van der Waals surface area contributed by atoms with Crippen LogP contribution in [0.25, 0.3) is 0 Å². The summed E-state index contributed by atoms with van der Waals surface area (Å²) in [7, 11) is 0. The van der Waals surface area contributed by atoms with Crippen molar-refractivity contribution in [2.75, 3.05) is 5.32 Å².